The predicted octanol–water partition coefficient (Wildman–Crippen LogP) is 0.571. The molecule has 0 saturated carbocycles. The minimum atomic E-state index is -0.280. The molecule has 5 nitrogen and oxygen atoms in total. The highest BCUT2D eigenvalue weighted by atomic mass is 16.5. The first-order chi connectivity index (χ1) is 8.17. The van der Waals surface area contributed by atoms with Gasteiger partial charge in [-0.05, 0) is 19.1 Å². The fourth-order valence-electron chi connectivity index (χ4n) is 1.24. The average molecular weight is 239 g/mol. The predicted molar refractivity (Wildman–Crippen MR) is 63.2 cm³/mol. The zero-order valence-corrected chi connectivity index (χ0v) is 9.97. The maximum atomic E-state index is 11.4. The Kier molecular flexibility index (Phi) is 5.29. The van der Waals surface area contributed by atoms with Crippen molar-refractivity contribution in [1.82, 2.24) is 5.32 Å². The minimum absolute atomic E-state index is 0.0968. The summed E-state index contributed by atoms with van der Waals surface area (Å²) in [6, 6.07) is 6.82. The molecule has 0 spiro atoms. The second kappa shape index (κ2) is 6.75. The van der Waals surface area contributed by atoms with E-state index in [1.807, 2.05) is 6.07 Å². The Hall–Kier alpha value is -1.75. The van der Waals surface area contributed by atoms with Crippen molar-refractivity contribution in [3.05, 3.63) is 24.3 Å². The number of methoxy groups -OCH3 is 1. The number of aliphatic hydroxyl groups excluding tert-OH is 1. The summed E-state index contributed by atoms with van der Waals surface area (Å²) >= 11 is 0. The van der Waals surface area contributed by atoms with Gasteiger partial charge in [0.25, 0.3) is 5.91 Å². The van der Waals surface area contributed by atoms with Gasteiger partial charge in [-0.25, -0.2) is 0 Å². The third-order valence-electron chi connectivity index (χ3n) is 2.11. The van der Waals surface area contributed by atoms with Crippen molar-refractivity contribution in [3.8, 4) is 11.5 Å². The van der Waals surface area contributed by atoms with Crippen LogP contribution in [0.2, 0.25) is 0 Å². The highest BCUT2D eigenvalue weighted by Gasteiger charge is 2.08. The van der Waals surface area contributed by atoms with Crippen molar-refractivity contribution in [2.75, 3.05) is 20.3 Å². The van der Waals surface area contributed by atoms with Gasteiger partial charge in [0, 0.05) is 6.04 Å². The molecule has 94 valence electrons. The number of para-hydroxylation sites is 2. The molecule has 1 aromatic rings. The molecule has 5 heteroatoms. The third kappa shape index (κ3) is 4.32. The van der Waals surface area contributed by atoms with Gasteiger partial charge in [0.1, 0.15) is 0 Å². The number of amides is 1. The van der Waals surface area contributed by atoms with Gasteiger partial charge in [-0.15, -0.1) is 0 Å². The highest BCUT2D eigenvalue weighted by Crippen LogP contribution is 2.25. The van der Waals surface area contributed by atoms with Gasteiger partial charge in [-0.3, -0.25) is 4.79 Å². The van der Waals surface area contributed by atoms with Crippen molar-refractivity contribution in [3.63, 3.8) is 0 Å². The number of nitrogens with one attached hydrogen (secondary N) is 1. The Morgan fingerprint density at radius 3 is 2.65 bits per heavy atom. The second-order valence-corrected chi connectivity index (χ2v) is 3.59. The van der Waals surface area contributed by atoms with Crippen LogP contribution in [0.1, 0.15) is 6.92 Å². The minimum Gasteiger partial charge on any atom is -0.493 e. The number of aliphatic hydroxyl groups is 1. The zero-order chi connectivity index (χ0) is 12.7. The molecule has 0 bridgehead atoms. The molecular formula is C12H17NO4. The Bertz CT molecular complexity index is 367. The topological polar surface area (TPSA) is 67.8 Å². The molecule has 0 heterocycles. The zero-order valence-electron chi connectivity index (χ0n) is 9.97. The van der Waals surface area contributed by atoms with Gasteiger partial charge < -0.3 is 19.9 Å². The Balaban J connectivity index is 2.47. The van der Waals surface area contributed by atoms with Crippen LogP contribution in [0.5, 0.6) is 11.5 Å². The van der Waals surface area contributed by atoms with Crippen LogP contribution < -0.4 is 14.8 Å². The maximum Gasteiger partial charge on any atom is 0.258 e. The lowest BCUT2D eigenvalue weighted by molar-refractivity contribution is -0.124. The quantitative estimate of drug-likeness (QED) is 0.761. The molecule has 0 aliphatic rings. The van der Waals surface area contributed by atoms with Gasteiger partial charge in [0.2, 0.25) is 0 Å². The lowest BCUT2D eigenvalue weighted by Gasteiger charge is -2.12. The molecule has 2 N–H and O–H groups in total. The van der Waals surface area contributed by atoms with E-state index in [1.165, 1.54) is 7.11 Å². The summed E-state index contributed by atoms with van der Waals surface area (Å²) in [4.78, 5) is 11.4. The molecule has 1 amide bonds. The van der Waals surface area contributed by atoms with Crippen molar-refractivity contribution >= 4 is 5.91 Å². The largest absolute Gasteiger partial charge is 0.493 e. The Morgan fingerprint density at radius 1 is 1.41 bits per heavy atom. The smallest absolute Gasteiger partial charge is 0.258 e. The van der Waals surface area contributed by atoms with Crippen LogP contribution in [0.4, 0.5) is 0 Å². The number of hydrogen-bond donors (Lipinski definition) is 2. The van der Waals surface area contributed by atoms with Crippen LogP contribution in [0.3, 0.4) is 0 Å². The van der Waals surface area contributed by atoms with Crippen LogP contribution in [0, 0.1) is 0 Å². The first-order valence-corrected chi connectivity index (χ1v) is 5.33. The molecule has 0 aliphatic carbocycles. The van der Waals surface area contributed by atoms with E-state index in [-0.39, 0.29) is 25.2 Å². The molecule has 0 aliphatic heterocycles. The molecular weight excluding hydrogens is 222 g/mol. The Morgan fingerprint density at radius 2 is 2.06 bits per heavy atom. The van der Waals surface area contributed by atoms with Gasteiger partial charge in [-0.2, -0.15) is 0 Å². The van der Waals surface area contributed by atoms with Crippen LogP contribution in [-0.2, 0) is 4.79 Å². The van der Waals surface area contributed by atoms with E-state index in [0.717, 1.165) is 0 Å². The normalized spacial score (nSPS) is 11.7. The third-order valence-corrected chi connectivity index (χ3v) is 2.11. The second-order valence-electron chi connectivity index (χ2n) is 3.59. The maximum absolute atomic E-state index is 11.4. The van der Waals surface area contributed by atoms with Gasteiger partial charge in [0.15, 0.2) is 18.1 Å². The number of ether oxygens (including phenoxy) is 2. The molecule has 0 fully saturated rings. The van der Waals surface area contributed by atoms with E-state index in [2.05, 4.69) is 5.32 Å². The van der Waals surface area contributed by atoms with E-state index in [0.29, 0.717) is 11.5 Å². The van der Waals surface area contributed by atoms with E-state index in [4.69, 9.17) is 14.6 Å². The highest BCUT2D eigenvalue weighted by molar-refractivity contribution is 5.77. The number of hydrogen-bond acceptors (Lipinski definition) is 4. The van der Waals surface area contributed by atoms with Crippen molar-refractivity contribution in [2.24, 2.45) is 0 Å². The van der Waals surface area contributed by atoms with Crippen molar-refractivity contribution in [2.45, 2.75) is 13.0 Å². The Labute approximate surface area is 100 Å². The summed E-state index contributed by atoms with van der Waals surface area (Å²) in [6.45, 7) is 1.51. The molecule has 0 aromatic heterocycles. The van der Waals surface area contributed by atoms with Crippen molar-refractivity contribution in [1.29, 1.82) is 0 Å². The summed E-state index contributed by atoms with van der Waals surface area (Å²) in [5.41, 5.74) is 0. The standard InChI is InChI=1S/C12H17NO4/c1-9(7-14)13-12(15)8-17-11-6-4-3-5-10(11)16-2/h3-6,9,14H,7-8H2,1-2H3,(H,13,15)/t9-/m1/s1. The number of rotatable bonds is 6. The van der Waals surface area contributed by atoms with Crippen LogP contribution >= 0.6 is 0 Å². The molecule has 0 saturated heterocycles. The average Bonchev–Trinajstić information content (AvgIpc) is 2.36. The van der Waals surface area contributed by atoms with Gasteiger partial charge >= 0.3 is 0 Å². The van der Waals surface area contributed by atoms with E-state index in [9.17, 15) is 4.79 Å². The summed E-state index contributed by atoms with van der Waals surface area (Å²) in [7, 11) is 1.54. The first-order valence-electron chi connectivity index (χ1n) is 5.33. The molecule has 1 aromatic carbocycles. The summed E-state index contributed by atoms with van der Waals surface area (Å²) in [5, 5.41) is 11.4. The van der Waals surface area contributed by atoms with Crippen LogP contribution in [0.15, 0.2) is 24.3 Å². The van der Waals surface area contributed by atoms with Gasteiger partial charge in [-0.1, -0.05) is 12.1 Å². The molecule has 1 atom stereocenters. The van der Waals surface area contributed by atoms with E-state index in [1.54, 1.807) is 25.1 Å². The van der Waals surface area contributed by atoms with Crippen LogP contribution in [0.25, 0.3) is 0 Å². The fourth-order valence-corrected chi connectivity index (χ4v) is 1.24. The number of carbonyl (C=O) groups is 1. The summed E-state index contributed by atoms with van der Waals surface area (Å²) < 4.78 is 10.4. The van der Waals surface area contributed by atoms with Gasteiger partial charge in [0.05, 0.1) is 13.7 Å². The number of benzene rings is 1. The molecule has 0 radical (unpaired) electrons. The fraction of sp³-hybridized carbons (Fsp3) is 0.417. The van der Waals surface area contributed by atoms with E-state index >= 15 is 0 Å². The lowest BCUT2D eigenvalue weighted by Crippen LogP contribution is -2.38. The SMILES string of the molecule is COc1ccccc1OCC(=O)N[C@H](C)CO. The molecule has 17 heavy (non-hydrogen) atoms. The number of carbonyl (C=O) groups excluding carboxylic acids is 1. The monoisotopic (exact) mass is 239 g/mol. The molecule has 1 rings (SSSR count). The van der Waals surface area contributed by atoms with Crippen molar-refractivity contribution < 1.29 is 19.4 Å². The van der Waals surface area contributed by atoms with E-state index < -0.39 is 0 Å². The lowest BCUT2D eigenvalue weighted by atomic mass is 10.3. The first kappa shape index (κ1) is 13.3. The molecule has 0 unspecified atom stereocenters. The summed E-state index contributed by atoms with van der Waals surface area (Å²) in [6.07, 6.45) is 0. The summed E-state index contributed by atoms with van der Waals surface area (Å²) in [5.74, 6) is 0.815. The van der Waals surface area contributed by atoms with Crippen LogP contribution in [-0.4, -0.2) is 37.4 Å².